The molecule has 0 radical (unpaired) electrons. The van der Waals surface area contributed by atoms with Crippen molar-refractivity contribution in [1.29, 1.82) is 0 Å². The molecule has 0 heterocycles. The molecule has 0 aliphatic heterocycles. The van der Waals surface area contributed by atoms with Gasteiger partial charge in [0.15, 0.2) is 0 Å². The Labute approximate surface area is 249 Å². The van der Waals surface area contributed by atoms with Crippen LogP contribution in [0.2, 0.25) is 0 Å². The minimum absolute atomic E-state index is 0.278. The van der Waals surface area contributed by atoms with Gasteiger partial charge in [-0.3, -0.25) is 0 Å². The van der Waals surface area contributed by atoms with Gasteiger partial charge in [0.2, 0.25) is 0 Å². The predicted octanol–water partition coefficient (Wildman–Crippen LogP) is 11.4. The number of allylic oxidation sites excluding steroid dienone is 12. The molecule has 2 aromatic rings. The molecular weight excluding hydrogens is 492 g/mol. The van der Waals surface area contributed by atoms with Crippen LogP contribution in [0, 0.1) is 12.8 Å². The summed E-state index contributed by atoms with van der Waals surface area (Å²) in [6, 6.07) is 16.3. The molecule has 0 bridgehead atoms. The molecule has 3 unspecified atom stereocenters. The van der Waals surface area contributed by atoms with E-state index in [0.29, 0.717) is 11.8 Å². The summed E-state index contributed by atoms with van der Waals surface area (Å²) in [5, 5.41) is 0. The maximum absolute atomic E-state index is 4.81. The van der Waals surface area contributed by atoms with Gasteiger partial charge in [-0.1, -0.05) is 129 Å². The lowest BCUT2D eigenvalue weighted by atomic mass is 9.68. The molecule has 0 amide bonds. The summed E-state index contributed by atoms with van der Waals surface area (Å²) in [5.41, 5.74) is 19.6. The van der Waals surface area contributed by atoms with Gasteiger partial charge < -0.3 is 0 Å². The van der Waals surface area contributed by atoms with E-state index in [1.54, 1.807) is 0 Å². The smallest absolute Gasteiger partial charge is 0.0264 e. The summed E-state index contributed by atoms with van der Waals surface area (Å²) < 4.78 is 0. The lowest BCUT2D eigenvalue weighted by molar-refractivity contribution is 0.618. The van der Waals surface area contributed by atoms with E-state index in [1.807, 2.05) is 0 Å². The lowest BCUT2D eigenvalue weighted by Gasteiger charge is -2.35. The zero-order chi connectivity index (χ0) is 29.4. The SMILES string of the molecule is C=C(CCC)C1=C(C)C=C2CC(=CC3=C(C)C(c4ccc(C)cc4)C(C)=C3)C(=C)C2C1c1ccc(CC)c(CC)c1. The second-order valence-corrected chi connectivity index (χ2v) is 12.6. The van der Waals surface area contributed by atoms with E-state index in [0.717, 1.165) is 32.1 Å². The first-order valence-corrected chi connectivity index (χ1v) is 15.7. The van der Waals surface area contributed by atoms with Crippen LogP contribution < -0.4 is 0 Å². The third-order valence-electron chi connectivity index (χ3n) is 9.80. The highest BCUT2D eigenvalue weighted by Gasteiger charge is 2.41. The van der Waals surface area contributed by atoms with Crippen LogP contribution in [0.5, 0.6) is 0 Å². The molecule has 41 heavy (non-hydrogen) atoms. The van der Waals surface area contributed by atoms with Crippen molar-refractivity contribution in [2.45, 2.75) is 92.4 Å². The molecule has 0 heteroatoms. The maximum Gasteiger partial charge on any atom is 0.0264 e. The van der Waals surface area contributed by atoms with Crippen LogP contribution in [0.25, 0.3) is 0 Å². The molecule has 1 saturated carbocycles. The second-order valence-electron chi connectivity index (χ2n) is 12.6. The summed E-state index contributed by atoms with van der Waals surface area (Å²) >= 11 is 0. The van der Waals surface area contributed by atoms with Crippen molar-refractivity contribution < 1.29 is 0 Å². The zero-order valence-electron chi connectivity index (χ0n) is 26.5. The number of benzene rings is 2. The number of fused-ring (bicyclic) bond motifs is 1. The first kappa shape index (κ1) is 29.1. The van der Waals surface area contributed by atoms with Gasteiger partial charge in [0, 0.05) is 17.8 Å². The Kier molecular flexibility index (Phi) is 8.42. The van der Waals surface area contributed by atoms with Crippen LogP contribution in [0.1, 0.15) is 100 Å². The van der Waals surface area contributed by atoms with Crippen LogP contribution in [0.4, 0.5) is 0 Å². The van der Waals surface area contributed by atoms with Gasteiger partial charge in [-0.05, 0) is 103 Å². The molecule has 0 N–H and O–H groups in total. The van der Waals surface area contributed by atoms with Gasteiger partial charge in [-0.2, -0.15) is 0 Å². The second kappa shape index (κ2) is 11.8. The molecule has 1 fully saturated rings. The number of hydrogen-bond donors (Lipinski definition) is 0. The Morgan fingerprint density at radius 3 is 2.20 bits per heavy atom. The van der Waals surface area contributed by atoms with Crippen molar-refractivity contribution in [2.24, 2.45) is 5.92 Å². The van der Waals surface area contributed by atoms with E-state index < -0.39 is 0 Å². The van der Waals surface area contributed by atoms with Crippen molar-refractivity contribution in [3.05, 3.63) is 152 Å². The molecule has 0 saturated heterocycles. The van der Waals surface area contributed by atoms with Gasteiger partial charge in [0.05, 0.1) is 0 Å². The van der Waals surface area contributed by atoms with Crippen LogP contribution >= 0.6 is 0 Å². The van der Waals surface area contributed by atoms with Gasteiger partial charge in [-0.15, -0.1) is 0 Å². The summed E-state index contributed by atoms with van der Waals surface area (Å²) in [4.78, 5) is 0. The summed E-state index contributed by atoms with van der Waals surface area (Å²) in [7, 11) is 0. The Balaban J connectivity index is 1.56. The van der Waals surface area contributed by atoms with Crippen molar-refractivity contribution in [3.63, 3.8) is 0 Å². The first-order valence-electron chi connectivity index (χ1n) is 15.7. The van der Waals surface area contributed by atoms with E-state index in [1.165, 1.54) is 78.0 Å². The molecule has 5 rings (SSSR count). The maximum atomic E-state index is 4.81. The summed E-state index contributed by atoms with van der Waals surface area (Å²) in [6.07, 6.45) is 12.6. The quantitative estimate of drug-likeness (QED) is 0.312. The number of aryl methyl sites for hydroxylation is 3. The normalized spacial score (nSPS) is 23.3. The fraction of sp³-hybridized carbons (Fsp3) is 0.366. The fourth-order valence-corrected chi connectivity index (χ4v) is 7.71. The Morgan fingerprint density at radius 1 is 0.854 bits per heavy atom. The van der Waals surface area contributed by atoms with Crippen LogP contribution in [0.3, 0.4) is 0 Å². The molecule has 0 spiro atoms. The van der Waals surface area contributed by atoms with Crippen LogP contribution in [0.15, 0.2) is 124 Å². The highest BCUT2D eigenvalue weighted by molar-refractivity contribution is 5.63. The minimum atomic E-state index is 0.278. The minimum Gasteiger partial charge on any atom is -0.0955 e. The molecule has 3 aliphatic rings. The lowest BCUT2D eigenvalue weighted by Crippen LogP contribution is -2.21. The molecule has 0 nitrogen and oxygen atoms in total. The number of hydrogen-bond acceptors (Lipinski definition) is 0. The molecule has 212 valence electrons. The Morgan fingerprint density at radius 2 is 1.54 bits per heavy atom. The topological polar surface area (TPSA) is 0 Å². The molecular formula is C41H48. The van der Waals surface area contributed by atoms with E-state index in [2.05, 4.69) is 116 Å². The first-order chi connectivity index (χ1) is 19.7. The summed E-state index contributed by atoms with van der Waals surface area (Å²) in [5.74, 6) is 0.940. The third kappa shape index (κ3) is 5.34. The Bertz CT molecular complexity index is 1540. The molecule has 0 aromatic heterocycles. The Hall–Kier alpha value is -3.38. The van der Waals surface area contributed by atoms with E-state index in [-0.39, 0.29) is 5.92 Å². The molecule has 2 aromatic carbocycles. The average Bonchev–Trinajstić information content (AvgIpc) is 3.41. The van der Waals surface area contributed by atoms with Gasteiger partial charge in [-0.25, -0.2) is 0 Å². The van der Waals surface area contributed by atoms with Crippen molar-refractivity contribution in [2.75, 3.05) is 0 Å². The average molecular weight is 541 g/mol. The van der Waals surface area contributed by atoms with Gasteiger partial charge in [0.1, 0.15) is 0 Å². The van der Waals surface area contributed by atoms with E-state index in [4.69, 9.17) is 6.58 Å². The van der Waals surface area contributed by atoms with Crippen LogP contribution in [-0.4, -0.2) is 0 Å². The standard InChI is InChI=1S/C41H48/c1-10-13-26(5)38-27(6)21-37-24-36(23-35-20-28(7)39(29(35)8)33-16-14-25(4)15-17-33)30(9)40(37)41(38)34-19-18-31(11-2)32(12-3)22-34/h14-23,39-41H,5,9-13,24H2,1-4,6-8H3. The van der Waals surface area contributed by atoms with Crippen LogP contribution in [-0.2, 0) is 12.8 Å². The van der Waals surface area contributed by atoms with Crippen molar-refractivity contribution in [3.8, 4) is 0 Å². The van der Waals surface area contributed by atoms with Gasteiger partial charge in [0.25, 0.3) is 0 Å². The molecule has 3 aliphatic carbocycles. The number of rotatable bonds is 8. The highest BCUT2D eigenvalue weighted by Crippen LogP contribution is 2.55. The van der Waals surface area contributed by atoms with E-state index in [9.17, 15) is 0 Å². The zero-order valence-corrected chi connectivity index (χ0v) is 26.5. The fourth-order valence-electron chi connectivity index (χ4n) is 7.71. The monoisotopic (exact) mass is 540 g/mol. The van der Waals surface area contributed by atoms with Crippen molar-refractivity contribution in [1.82, 2.24) is 0 Å². The van der Waals surface area contributed by atoms with E-state index >= 15 is 0 Å². The highest BCUT2D eigenvalue weighted by atomic mass is 14.4. The largest absolute Gasteiger partial charge is 0.0955 e. The predicted molar refractivity (Wildman–Crippen MR) is 178 cm³/mol. The van der Waals surface area contributed by atoms with Crippen molar-refractivity contribution >= 4 is 0 Å². The third-order valence-corrected chi connectivity index (χ3v) is 9.80. The summed E-state index contributed by atoms with van der Waals surface area (Å²) in [6.45, 7) is 25.3. The van der Waals surface area contributed by atoms with Gasteiger partial charge >= 0.3 is 0 Å². The molecule has 3 atom stereocenters.